The highest BCUT2D eigenvalue weighted by Crippen LogP contribution is 2.17. The Labute approximate surface area is 144 Å². The van der Waals surface area contributed by atoms with Crippen LogP contribution in [-0.2, 0) is 22.7 Å². The third-order valence-corrected chi connectivity index (χ3v) is 4.06. The maximum Gasteiger partial charge on any atom is 0.224 e. The van der Waals surface area contributed by atoms with Crippen molar-refractivity contribution in [3.8, 4) is 0 Å². The lowest BCUT2D eigenvalue weighted by molar-refractivity contribution is -0.128. The number of carbonyl (C=O) groups excluding carboxylic acids is 2. The van der Waals surface area contributed by atoms with Gasteiger partial charge in [0.15, 0.2) is 0 Å². The fourth-order valence-electron chi connectivity index (χ4n) is 2.72. The summed E-state index contributed by atoms with van der Waals surface area (Å²) < 4.78 is 0. The molecule has 1 aliphatic heterocycles. The number of hydrogen-bond acceptors (Lipinski definition) is 3. The predicted octanol–water partition coefficient (Wildman–Crippen LogP) is 1.70. The van der Waals surface area contributed by atoms with Gasteiger partial charge in [-0.05, 0) is 24.6 Å². The molecular formula is C17H26ClN3O2. The first-order chi connectivity index (χ1) is 10.6. The first kappa shape index (κ1) is 19.5. The lowest BCUT2D eigenvalue weighted by Crippen LogP contribution is -2.34. The number of benzene rings is 1. The highest BCUT2D eigenvalue weighted by atomic mass is 35.5. The molecule has 1 heterocycles. The van der Waals surface area contributed by atoms with E-state index in [1.807, 2.05) is 43.1 Å². The molecule has 1 aromatic rings. The molecule has 1 fully saturated rings. The van der Waals surface area contributed by atoms with Crippen molar-refractivity contribution >= 4 is 24.2 Å². The van der Waals surface area contributed by atoms with Crippen molar-refractivity contribution in [3.05, 3.63) is 35.4 Å². The number of carbonyl (C=O) groups is 2. The van der Waals surface area contributed by atoms with E-state index in [0.717, 1.165) is 24.1 Å². The van der Waals surface area contributed by atoms with E-state index in [0.29, 0.717) is 26.1 Å². The van der Waals surface area contributed by atoms with Crippen LogP contribution in [0, 0.1) is 5.92 Å². The van der Waals surface area contributed by atoms with Gasteiger partial charge < -0.3 is 15.5 Å². The van der Waals surface area contributed by atoms with Crippen LogP contribution in [0.2, 0.25) is 0 Å². The second-order valence-corrected chi connectivity index (χ2v) is 5.86. The number of rotatable bonds is 7. The van der Waals surface area contributed by atoms with Gasteiger partial charge in [-0.2, -0.15) is 0 Å². The maximum atomic E-state index is 12.0. The zero-order valence-electron chi connectivity index (χ0n) is 13.8. The van der Waals surface area contributed by atoms with Gasteiger partial charge in [-0.1, -0.05) is 31.2 Å². The van der Waals surface area contributed by atoms with E-state index in [1.54, 1.807) is 0 Å². The van der Waals surface area contributed by atoms with Crippen molar-refractivity contribution < 1.29 is 9.59 Å². The van der Waals surface area contributed by atoms with Crippen LogP contribution < -0.4 is 10.6 Å². The Bertz CT molecular complexity index is 536. The molecule has 0 radical (unpaired) electrons. The summed E-state index contributed by atoms with van der Waals surface area (Å²) in [7, 11) is 1.84. The molecule has 6 heteroatoms. The van der Waals surface area contributed by atoms with E-state index >= 15 is 0 Å². The summed E-state index contributed by atoms with van der Waals surface area (Å²) in [5, 5.41) is 5.98. The molecule has 0 spiro atoms. The average molecular weight is 340 g/mol. The molecule has 1 aromatic carbocycles. The summed E-state index contributed by atoms with van der Waals surface area (Å²) in [4.78, 5) is 25.7. The first-order valence-electron chi connectivity index (χ1n) is 7.88. The summed E-state index contributed by atoms with van der Waals surface area (Å²) in [6, 6.07) is 7.99. The first-order valence-corrected chi connectivity index (χ1v) is 7.88. The highest BCUT2D eigenvalue weighted by molar-refractivity contribution is 5.85. The molecule has 0 aromatic heterocycles. The number of nitrogens with one attached hydrogen (secondary N) is 2. The van der Waals surface area contributed by atoms with Crippen molar-refractivity contribution in [1.29, 1.82) is 0 Å². The minimum Gasteiger partial charge on any atom is -0.352 e. The van der Waals surface area contributed by atoms with E-state index in [4.69, 9.17) is 0 Å². The zero-order chi connectivity index (χ0) is 15.9. The summed E-state index contributed by atoms with van der Waals surface area (Å²) in [6.45, 7) is 4.54. The van der Waals surface area contributed by atoms with Gasteiger partial charge >= 0.3 is 0 Å². The Morgan fingerprint density at radius 2 is 2.00 bits per heavy atom. The van der Waals surface area contributed by atoms with E-state index in [2.05, 4.69) is 10.6 Å². The molecule has 1 unspecified atom stereocenters. The maximum absolute atomic E-state index is 12.0. The Morgan fingerprint density at radius 1 is 1.30 bits per heavy atom. The minimum atomic E-state index is -0.0580. The molecule has 0 bridgehead atoms. The lowest BCUT2D eigenvalue weighted by atomic mass is 10.1. The average Bonchev–Trinajstić information content (AvgIpc) is 2.91. The summed E-state index contributed by atoms with van der Waals surface area (Å²) in [6.07, 6.45) is 1.60. The Balaban J connectivity index is 0.00000264. The summed E-state index contributed by atoms with van der Waals surface area (Å²) in [5.74, 6) is 0.209. The number of likely N-dealkylation sites (tertiary alicyclic amines) is 1. The van der Waals surface area contributed by atoms with Gasteiger partial charge in [-0.25, -0.2) is 0 Å². The largest absolute Gasteiger partial charge is 0.352 e. The molecule has 2 rings (SSSR count). The van der Waals surface area contributed by atoms with Crippen molar-refractivity contribution in [2.45, 2.75) is 32.9 Å². The molecule has 0 saturated carbocycles. The van der Waals surface area contributed by atoms with Crippen LogP contribution in [-0.4, -0.2) is 36.9 Å². The number of halogens is 1. The van der Waals surface area contributed by atoms with Crippen LogP contribution in [0.1, 0.15) is 30.9 Å². The quantitative estimate of drug-likeness (QED) is 0.795. The smallest absolute Gasteiger partial charge is 0.224 e. The van der Waals surface area contributed by atoms with E-state index in [9.17, 15) is 9.59 Å². The fraction of sp³-hybridized carbons (Fsp3) is 0.529. The third kappa shape index (κ3) is 5.52. The van der Waals surface area contributed by atoms with Crippen LogP contribution in [0.25, 0.3) is 0 Å². The SMILES string of the molecule is CNCC(C)C(=O)NCc1ccccc1CN1CCCC1=O.Cl. The fourth-order valence-corrected chi connectivity index (χ4v) is 2.72. The highest BCUT2D eigenvalue weighted by Gasteiger charge is 2.21. The molecular weight excluding hydrogens is 314 g/mol. The van der Waals surface area contributed by atoms with Gasteiger partial charge in [-0.15, -0.1) is 12.4 Å². The predicted molar refractivity (Wildman–Crippen MR) is 93.3 cm³/mol. The Hall–Kier alpha value is -1.59. The van der Waals surface area contributed by atoms with Gasteiger partial charge in [0.05, 0.1) is 0 Å². The van der Waals surface area contributed by atoms with Gasteiger partial charge in [-0.3, -0.25) is 9.59 Å². The Kier molecular flexibility index (Phi) is 8.06. The molecule has 2 amide bonds. The molecule has 23 heavy (non-hydrogen) atoms. The monoisotopic (exact) mass is 339 g/mol. The van der Waals surface area contributed by atoms with Crippen LogP contribution in [0.3, 0.4) is 0 Å². The van der Waals surface area contributed by atoms with Crippen molar-refractivity contribution in [2.75, 3.05) is 20.1 Å². The van der Waals surface area contributed by atoms with E-state index in [-0.39, 0.29) is 30.1 Å². The molecule has 1 atom stereocenters. The molecule has 1 saturated heterocycles. The number of amides is 2. The second-order valence-electron chi connectivity index (χ2n) is 5.86. The van der Waals surface area contributed by atoms with Crippen LogP contribution in [0.4, 0.5) is 0 Å². The molecule has 0 aliphatic carbocycles. The van der Waals surface area contributed by atoms with Gasteiger partial charge in [0.25, 0.3) is 0 Å². The minimum absolute atomic E-state index is 0. The second kappa shape index (κ2) is 9.53. The summed E-state index contributed by atoms with van der Waals surface area (Å²) >= 11 is 0. The standard InChI is InChI=1S/C17H25N3O2.ClH/c1-13(10-18-2)17(22)19-11-14-6-3-4-7-15(14)12-20-9-5-8-16(20)21;/h3-4,6-7,13,18H,5,8-12H2,1-2H3,(H,19,22);1H. The lowest BCUT2D eigenvalue weighted by Gasteiger charge is -2.19. The van der Waals surface area contributed by atoms with Crippen LogP contribution in [0.15, 0.2) is 24.3 Å². The van der Waals surface area contributed by atoms with Crippen LogP contribution in [0.5, 0.6) is 0 Å². The van der Waals surface area contributed by atoms with Gasteiger partial charge in [0.1, 0.15) is 0 Å². The molecule has 5 nitrogen and oxygen atoms in total. The van der Waals surface area contributed by atoms with E-state index in [1.165, 1.54) is 0 Å². The number of nitrogens with zero attached hydrogens (tertiary/aromatic N) is 1. The van der Waals surface area contributed by atoms with Crippen LogP contribution >= 0.6 is 12.4 Å². The Morgan fingerprint density at radius 3 is 2.61 bits per heavy atom. The molecule has 2 N–H and O–H groups in total. The normalized spacial score (nSPS) is 15.2. The van der Waals surface area contributed by atoms with E-state index < -0.39 is 0 Å². The van der Waals surface area contributed by atoms with Gasteiger partial charge in [0, 0.05) is 38.5 Å². The van der Waals surface area contributed by atoms with Crippen molar-refractivity contribution in [1.82, 2.24) is 15.5 Å². The zero-order valence-corrected chi connectivity index (χ0v) is 14.6. The van der Waals surface area contributed by atoms with Crippen molar-refractivity contribution in [2.24, 2.45) is 5.92 Å². The van der Waals surface area contributed by atoms with Crippen molar-refractivity contribution in [3.63, 3.8) is 0 Å². The third-order valence-electron chi connectivity index (χ3n) is 4.06. The topological polar surface area (TPSA) is 61.4 Å². The molecule has 1 aliphatic rings. The molecule has 128 valence electrons. The number of hydrogen-bond donors (Lipinski definition) is 2. The summed E-state index contributed by atoms with van der Waals surface area (Å²) in [5.41, 5.74) is 2.19. The van der Waals surface area contributed by atoms with Gasteiger partial charge in [0.2, 0.25) is 11.8 Å².